The molecule has 0 amide bonds. The first kappa shape index (κ1) is 16.5. The van der Waals surface area contributed by atoms with E-state index in [0.29, 0.717) is 23.4 Å². The minimum absolute atomic E-state index is 0.292. The van der Waals surface area contributed by atoms with Gasteiger partial charge in [-0.25, -0.2) is 13.1 Å². The van der Waals surface area contributed by atoms with Crippen LogP contribution in [-0.2, 0) is 16.6 Å². The Balaban J connectivity index is 2.23. The van der Waals surface area contributed by atoms with Gasteiger partial charge in [-0.05, 0) is 55.4 Å². The summed E-state index contributed by atoms with van der Waals surface area (Å²) in [7, 11) is -3.43. The molecule has 1 saturated carbocycles. The number of nitrogens with one attached hydrogen (secondary N) is 2. The Hall–Kier alpha value is -0.910. The van der Waals surface area contributed by atoms with Gasteiger partial charge < -0.3 is 5.32 Å². The van der Waals surface area contributed by atoms with Crippen molar-refractivity contribution in [3.63, 3.8) is 0 Å². The van der Waals surface area contributed by atoms with E-state index in [1.807, 2.05) is 27.7 Å². The smallest absolute Gasteiger partial charge is 0.240 e. The topological polar surface area (TPSA) is 58.2 Å². The zero-order chi connectivity index (χ0) is 15.6. The van der Waals surface area contributed by atoms with Gasteiger partial charge in [0.15, 0.2) is 0 Å². The van der Waals surface area contributed by atoms with Crippen LogP contribution in [0.2, 0.25) is 0 Å². The van der Waals surface area contributed by atoms with Gasteiger partial charge in [0.2, 0.25) is 10.0 Å². The van der Waals surface area contributed by atoms with Crippen LogP contribution >= 0.6 is 0 Å². The van der Waals surface area contributed by atoms with Crippen LogP contribution in [0.5, 0.6) is 0 Å². The predicted octanol–water partition coefficient (Wildman–Crippen LogP) is 2.49. The lowest BCUT2D eigenvalue weighted by Crippen LogP contribution is -2.28. The Bertz CT molecular complexity index is 605. The Morgan fingerprint density at radius 1 is 1.24 bits per heavy atom. The molecule has 118 valence electrons. The van der Waals surface area contributed by atoms with Crippen LogP contribution in [0.4, 0.5) is 0 Å². The molecule has 1 aromatic rings. The van der Waals surface area contributed by atoms with Gasteiger partial charge in [0.05, 0.1) is 4.90 Å². The molecule has 1 fully saturated rings. The number of sulfonamides is 1. The van der Waals surface area contributed by atoms with Crippen LogP contribution < -0.4 is 10.0 Å². The molecule has 21 heavy (non-hydrogen) atoms. The van der Waals surface area contributed by atoms with Crippen molar-refractivity contribution in [2.75, 3.05) is 6.54 Å². The highest BCUT2D eigenvalue weighted by atomic mass is 32.2. The molecule has 0 atom stereocenters. The minimum Gasteiger partial charge on any atom is -0.310 e. The first-order valence-electron chi connectivity index (χ1n) is 7.63. The number of hydrogen-bond acceptors (Lipinski definition) is 3. The van der Waals surface area contributed by atoms with Crippen LogP contribution in [0.15, 0.2) is 17.0 Å². The highest BCUT2D eigenvalue weighted by Gasteiger charge is 2.22. The lowest BCUT2D eigenvalue weighted by molar-refractivity contribution is 0.559. The van der Waals surface area contributed by atoms with E-state index in [9.17, 15) is 8.42 Å². The quantitative estimate of drug-likeness (QED) is 0.813. The largest absolute Gasteiger partial charge is 0.310 e. The van der Waals surface area contributed by atoms with Crippen molar-refractivity contribution in [3.05, 3.63) is 28.8 Å². The van der Waals surface area contributed by atoms with Crippen LogP contribution in [0.3, 0.4) is 0 Å². The second kappa shape index (κ2) is 6.46. The standard InChI is InChI=1S/C16H26N2O2S/c1-11(2)9-18-21(19,20)16-8-14(7-12(3)13(16)4)10-17-15-5-6-15/h7-8,11,15,17-18H,5-6,9-10H2,1-4H3. The molecule has 1 aliphatic carbocycles. The van der Waals surface area contributed by atoms with Crippen molar-refractivity contribution >= 4 is 10.0 Å². The molecule has 2 N–H and O–H groups in total. The maximum Gasteiger partial charge on any atom is 0.240 e. The second-order valence-electron chi connectivity index (χ2n) is 6.44. The summed E-state index contributed by atoms with van der Waals surface area (Å²) >= 11 is 0. The van der Waals surface area contributed by atoms with Crippen molar-refractivity contribution in [3.8, 4) is 0 Å². The molecule has 5 heteroatoms. The van der Waals surface area contributed by atoms with E-state index in [-0.39, 0.29) is 0 Å². The molecule has 0 radical (unpaired) electrons. The van der Waals surface area contributed by atoms with Gasteiger partial charge >= 0.3 is 0 Å². The van der Waals surface area contributed by atoms with Gasteiger partial charge in [-0.2, -0.15) is 0 Å². The summed E-state index contributed by atoms with van der Waals surface area (Å²) in [6.45, 7) is 9.03. The fourth-order valence-electron chi connectivity index (χ4n) is 2.18. The second-order valence-corrected chi connectivity index (χ2v) is 8.17. The van der Waals surface area contributed by atoms with Crippen molar-refractivity contribution in [2.45, 2.75) is 58.0 Å². The van der Waals surface area contributed by atoms with Gasteiger partial charge in [0, 0.05) is 19.1 Å². The van der Waals surface area contributed by atoms with Gasteiger partial charge in [0.25, 0.3) is 0 Å². The van der Waals surface area contributed by atoms with E-state index in [0.717, 1.165) is 23.2 Å². The Morgan fingerprint density at radius 3 is 2.48 bits per heavy atom. The molecule has 1 aliphatic rings. The monoisotopic (exact) mass is 310 g/mol. The predicted molar refractivity (Wildman–Crippen MR) is 85.8 cm³/mol. The molecule has 0 bridgehead atoms. The molecule has 2 rings (SSSR count). The van der Waals surface area contributed by atoms with Crippen LogP contribution in [0.1, 0.15) is 43.4 Å². The fraction of sp³-hybridized carbons (Fsp3) is 0.625. The third kappa shape index (κ3) is 4.53. The normalized spacial score (nSPS) is 15.7. The van der Waals surface area contributed by atoms with E-state index in [1.165, 1.54) is 12.8 Å². The molecule has 0 unspecified atom stereocenters. The highest BCUT2D eigenvalue weighted by Crippen LogP contribution is 2.23. The summed E-state index contributed by atoms with van der Waals surface area (Å²) in [6, 6.07) is 4.50. The molecule has 0 saturated heterocycles. The summed E-state index contributed by atoms with van der Waals surface area (Å²) in [5, 5.41) is 3.43. The van der Waals surface area contributed by atoms with Gasteiger partial charge in [-0.15, -0.1) is 0 Å². The Kier molecular flexibility index (Phi) is 5.07. The molecule has 0 aliphatic heterocycles. The van der Waals surface area contributed by atoms with Crippen LogP contribution in [-0.4, -0.2) is 21.0 Å². The van der Waals surface area contributed by atoms with E-state index < -0.39 is 10.0 Å². The van der Waals surface area contributed by atoms with Crippen molar-refractivity contribution < 1.29 is 8.42 Å². The van der Waals surface area contributed by atoms with Gasteiger partial charge in [0.1, 0.15) is 0 Å². The summed E-state index contributed by atoms with van der Waals surface area (Å²) in [6.07, 6.45) is 2.46. The first-order chi connectivity index (χ1) is 9.79. The summed E-state index contributed by atoms with van der Waals surface area (Å²) < 4.78 is 27.7. The maximum absolute atomic E-state index is 12.5. The van der Waals surface area contributed by atoms with E-state index in [2.05, 4.69) is 16.1 Å². The number of rotatable bonds is 7. The average molecular weight is 310 g/mol. The number of aryl methyl sites for hydroxylation is 1. The Labute approximate surface area is 128 Å². The molecule has 0 spiro atoms. The molecule has 0 aromatic heterocycles. The number of benzene rings is 1. The SMILES string of the molecule is Cc1cc(CNC2CC2)cc(S(=O)(=O)NCC(C)C)c1C. The zero-order valence-electron chi connectivity index (χ0n) is 13.4. The van der Waals surface area contributed by atoms with Crippen molar-refractivity contribution in [1.29, 1.82) is 0 Å². The summed E-state index contributed by atoms with van der Waals surface area (Å²) in [5.74, 6) is 0.292. The van der Waals surface area contributed by atoms with Crippen molar-refractivity contribution in [1.82, 2.24) is 10.0 Å². The van der Waals surface area contributed by atoms with Crippen LogP contribution in [0.25, 0.3) is 0 Å². The maximum atomic E-state index is 12.5. The summed E-state index contributed by atoms with van der Waals surface area (Å²) in [5.41, 5.74) is 2.89. The highest BCUT2D eigenvalue weighted by molar-refractivity contribution is 7.89. The summed E-state index contributed by atoms with van der Waals surface area (Å²) in [4.78, 5) is 0.413. The third-order valence-corrected chi connectivity index (χ3v) is 5.37. The Morgan fingerprint density at radius 2 is 1.90 bits per heavy atom. The average Bonchev–Trinajstić information content (AvgIpc) is 3.21. The lowest BCUT2D eigenvalue weighted by atomic mass is 10.1. The van der Waals surface area contributed by atoms with E-state index in [4.69, 9.17) is 0 Å². The zero-order valence-corrected chi connectivity index (χ0v) is 14.2. The third-order valence-electron chi connectivity index (χ3n) is 3.82. The molecular weight excluding hydrogens is 284 g/mol. The fourth-order valence-corrected chi connectivity index (χ4v) is 3.76. The minimum atomic E-state index is -3.43. The first-order valence-corrected chi connectivity index (χ1v) is 9.11. The van der Waals surface area contributed by atoms with Gasteiger partial charge in [-0.1, -0.05) is 19.9 Å². The lowest BCUT2D eigenvalue weighted by Gasteiger charge is -2.15. The molecular formula is C16H26N2O2S. The van der Waals surface area contributed by atoms with Crippen molar-refractivity contribution in [2.24, 2.45) is 5.92 Å². The van der Waals surface area contributed by atoms with Gasteiger partial charge in [-0.3, -0.25) is 0 Å². The molecule has 0 heterocycles. The number of hydrogen-bond donors (Lipinski definition) is 2. The molecule has 1 aromatic carbocycles. The molecule has 4 nitrogen and oxygen atoms in total. The van der Waals surface area contributed by atoms with E-state index >= 15 is 0 Å². The van der Waals surface area contributed by atoms with Crippen LogP contribution in [0, 0.1) is 19.8 Å². The van der Waals surface area contributed by atoms with E-state index in [1.54, 1.807) is 6.07 Å².